The molecule has 1 saturated heterocycles. The number of hydrogen-bond acceptors (Lipinski definition) is 4. The van der Waals surface area contributed by atoms with Crippen LogP contribution in [0.15, 0.2) is 17.5 Å². The molecule has 2 unspecified atom stereocenters. The first-order valence-corrected chi connectivity index (χ1v) is 7.31. The van der Waals surface area contributed by atoms with Crippen molar-refractivity contribution >= 4 is 11.3 Å². The molecule has 3 nitrogen and oxygen atoms in total. The van der Waals surface area contributed by atoms with Gasteiger partial charge in [0, 0.05) is 30.6 Å². The van der Waals surface area contributed by atoms with Crippen LogP contribution in [0.3, 0.4) is 0 Å². The van der Waals surface area contributed by atoms with Crippen LogP contribution in [0.5, 0.6) is 0 Å². The SMILES string of the molecule is CCC(N)C(c1cccs1)N1CCCOCC1. The minimum atomic E-state index is 0.215. The number of ether oxygens (including phenoxy) is 1. The summed E-state index contributed by atoms with van der Waals surface area (Å²) < 4.78 is 5.53. The number of nitrogens with zero attached hydrogens (tertiary/aromatic N) is 1. The number of rotatable bonds is 4. The minimum Gasteiger partial charge on any atom is -0.380 e. The van der Waals surface area contributed by atoms with Crippen LogP contribution >= 0.6 is 11.3 Å². The maximum absolute atomic E-state index is 6.31. The van der Waals surface area contributed by atoms with Crippen molar-refractivity contribution in [3.8, 4) is 0 Å². The summed E-state index contributed by atoms with van der Waals surface area (Å²) in [5.41, 5.74) is 6.31. The van der Waals surface area contributed by atoms with E-state index in [0.717, 1.165) is 39.1 Å². The van der Waals surface area contributed by atoms with E-state index in [9.17, 15) is 0 Å². The monoisotopic (exact) mass is 254 g/mol. The Morgan fingerprint density at radius 1 is 1.47 bits per heavy atom. The third-order valence-corrected chi connectivity index (χ3v) is 4.30. The smallest absolute Gasteiger partial charge is 0.0594 e. The molecule has 1 aliphatic heterocycles. The lowest BCUT2D eigenvalue weighted by atomic mass is 10.0. The molecule has 2 heterocycles. The molecule has 4 heteroatoms. The van der Waals surface area contributed by atoms with Gasteiger partial charge in [-0.25, -0.2) is 0 Å². The molecule has 0 bridgehead atoms. The van der Waals surface area contributed by atoms with Gasteiger partial charge in [-0.3, -0.25) is 4.90 Å². The van der Waals surface area contributed by atoms with Gasteiger partial charge in [0.1, 0.15) is 0 Å². The van der Waals surface area contributed by atoms with Gasteiger partial charge in [0.15, 0.2) is 0 Å². The fraction of sp³-hybridized carbons (Fsp3) is 0.692. The molecule has 1 aliphatic rings. The first-order valence-electron chi connectivity index (χ1n) is 6.43. The fourth-order valence-corrected chi connectivity index (χ4v) is 3.32. The lowest BCUT2D eigenvalue weighted by molar-refractivity contribution is 0.126. The van der Waals surface area contributed by atoms with Crippen molar-refractivity contribution in [2.24, 2.45) is 5.73 Å². The molecule has 2 rings (SSSR count). The zero-order chi connectivity index (χ0) is 12.1. The Hall–Kier alpha value is -0.420. The van der Waals surface area contributed by atoms with E-state index in [-0.39, 0.29) is 6.04 Å². The van der Waals surface area contributed by atoms with Gasteiger partial charge in [-0.2, -0.15) is 0 Å². The summed E-state index contributed by atoms with van der Waals surface area (Å²) >= 11 is 1.81. The van der Waals surface area contributed by atoms with Crippen LogP contribution in [0.25, 0.3) is 0 Å². The summed E-state index contributed by atoms with van der Waals surface area (Å²) in [4.78, 5) is 3.88. The van der Waals surface area contributed by atoms with E-state index >= 15 is 0 Å². The Morgan fingerprint density at radius 3 is 3.06 bits per heavy atom. The normalized spacial score (nSPS) is 22.0. The lowest BCUT2D eigenvalue weighted by Gasteiger charge is -2.33. The summed E-state index contributed by atoms with van der Waals surface area (Å²) in [6, 6.07) is 4.90. The molecule has 0 spiro atoms. The van der Waals surface area contributed by atoms with Crippen LogP contribution in [0.2, 0.25) is 0 Å². The van der Waals surface area contributed by atoms with Crippen LogP contribution in [0.4, 0.5) is 0 Å². The second kappa shape index (κ2) is 6.50. The average molecular weight is 254 g/mol. The Kier molecular flexibility index (Phi) is 4.98. The van der Waals surface area contributed by atoms with E-state index in [1.807, 2.05) is 11.3 Å². The van der Waals surface area contributed by atoms with Gasteiger partial charge in [0.2, 0.25) is 0 Å². The Bertz CT molecular complexity index is 307. The number of thiophene rings is 1. The summed E-state index contributed by atoms with van der Waals surface area (Å²) in [5, 5.41) is 2.14. The van der Waals surface area contributed by atoms with Gasteiger partial charge in [-0.1, -0.05) is 13.0 Å². The van der Waals surface area contributed by atoms with Crippen molar-refractivity contribution in [3.63, 3.8) is 0 Å². The topological polar surface area (TPSA) is 38.5 Å². The Labute approximate surface area is 108 Å². The van der Waals surface area contributed by atoms with Crippen LogP contribution in [-0.2, 0) is 4.74 Å². The molecule has 2 atom stereocenters. The van der Waals surface area contributed by atoms with Crippen LogP contribution in [0.1, 0.15) is 30.7 Å². The molecule has 0 amide bonds. The van der Waals surface area contributed by atoms with Gasteiger partial charge in [0.25, 0.3) is 0 Å². The third-order valence-electron chi connectivity index (χ3n) is 3.36. The largest absolute Gasteiger partial charge is 0.380 e. The third kappa shape index (κ3) is 3.28. The second-order valence-corrected chi connectivity index (χ2v) is 5.51. The Balaban J connectivity index is 2.14. The molecule has 1 aromatic heterocycles. The fourth-order valence-electron chi connectivity index (χ4n) is 2.39. The molecule has 0 saturated carbocycles. The predicted molar refractivity (Wildman–Crippen MR) is 72.3 cm³/mol. The van der Waals surface area contributed by atoms with Gasteiger partial charge in [0.05, 0.1) is 12.6 Å². The molecule has 17 heavy (non-hydrogen) atoms. The summed E-state index contributed by atoms with van der Waals surface area (Å²) in [6.07, 6.45) is 2.12. The Morgan fingerprint density at radius 2 is 2.35 bits per heavy atom. The van der Waals surface area contributed by atoms with Crippen molar-refractivity contribution in [2.75, 3.05) is 26.3 Å². The van der Waals surface area contributed by atoms with E-state index in [0.29, 0.717) is 6.04 Å². The molecule has 1 aromatic rings. The number of nitrogens with two attached hydrogens (primary N) is 1. The van der Waals surface area contributed by atoms with Crippen molar-refractivity contribution < 1.29 is 4.74 Å². The van der Waals surface area contributed by atoms with Crippen LogP contribution < -0.4 is 5.73 Å². The van der Waals surface area contributed by atoms with E-state index in [2.05, 4.69) is 29.3 Å². The van der Waals surface area contributed by atoms with Gasteiger partial charge in [-0.15, -0.1) is 11.3 Å². The van der Waals surface area contributed by atoms with Crippen molar-refractivity contribution in [3.05, 3.63) is 22.4 Å². The molecule has 2 N–H and O–H groups in total. The molecular formula is C13H22N2OS. The molecule has 0 aromatic carbocycles. The highest BCUT2D eigenvalue weighted by Gasteiger charge is 2.26. The highest BCUT2D eigenvalue weighted by Crippen LogP contribution is 2.29. The summed E-state index contributed by atoms with van der Waals surface area (Å²) in [5.74, 6) is 0. The predicted octanol–water partition coefficient (Wildman–Crippen LogP) is 2.25. The lowest BCUT2D eigenvalue weighted by Crippen LogP contribution is -2.41. The van der Waals surface area contributed by atoms with Gasteiger partial charge >= 0.3 is 0 Å². The average Bonchev–Trinajstić information content (AvgIpc) is 2.73. The van der Waals surface area contributed by atoms with Crippen molar-refractivity contribution in [1.82, 2.24) is 4.90 Å². The second-order valence-electron chi connectivity index (χ2n) is 4.53. The highest BCUT2D eigenvalue weighted by molar-refractivity contribution is 7.10. The number of hydrogen-bond donors (Lipinski definition) is 1. The molecule has 0 aliphatic carbocycles. The maximum Gasteiger partial charge on any atom is 0.0594 e. The van der Waals surface area contributed by atoms with Crippen LogP contribution in [-0.4, -0.2) is 37.2 Å². The minimum absolute atomic E-state index is 0.215. The quantitative estimate of drug-likeness (QED) is 0.895. The molecule has 1 fully saturated rings. The molecular weight excluding hydrogens is 232 g/mol. The van der Waals surface area contributed by atoms with Crippen LogP contribution in [0, 0.1) is 0 Å². The van der Waals surface area contributed by atoms with E-state index in [4.69, 9.17) is 10.5 Å². The van der Waals surface area contributed by atoms with Crippen molar-refractivity contribution in [2.45, 2.75) is 31.8 Å². The zero-order valence-corrected chi connectivity index (χ0v) is 11.3. The molecule has 0 radical (unpaired) electrons. The highest BCUT2D eigenvalue weighted by atomic mass is 32.1. The van der Waals surface area contributed by atoms with Crippen molar-refractivity contribution in [1.29, 1.82) is 0 Å². The molecule has 96 valence electrons. The summed E-state index contributed by atoms with van der Waals surface area (Å²) in [6.45, 7) is 5.97. The first kappa shape index (κ1) is 13.0. The van der Waals surface area contributed by atoms with Gasteiger partial charge in [-0.05, 0) is 24.3 Å². The zero-order valence-electron chi connectivity index (χ0n) is 10.5. The summed E-state index contributed by atoms with van der Waals surface area (Å²) in [7, 11) is 0. The first-order chi connectivity index (χ1) is 8.33. The van der Waals surface area contributed by atoms with E-state index in [1.54, 1.807) is 0 Å². The van der Waals surface area contributed by atoms with Gasteiger partial charge < -0.3 is 10.5 Å². The maximum atomic E-state index is 6.31. The van der Waals surface area contributed by atoms with E-state index in [1.165, 1.54) is 4.88 Å². The standard InChI is InChI=1S/C13H22N2OS/c1-2-11(14)13(12-5-3-10-17-12)15-6-4-8-16-9-7-15/h3,5,10-11,13H,2,4,6-9,14H2,1H3. The van der Waals surface area contributed by atoms with E-state index < -0.39 is 0 Å².